The third-order valence-electron chi connectivity index (χ3n) is 2.43. The number of aromatic carboxylic acids is 1. The SMILES string of the molecule is O=C(O)c1ccc(F)c(S(=O)(=O)Nc2ccc(Cl)cn2)c1. The minimum absolute atomic E-state index is 0.0699. The first-order chi connectivity index (χ1) is 9.79. The van der Waals surface area contributed by atoms with Gasteiger partial charge in [0, 0.05) is 6.20 Å². The Morgan fingerprint density at radius 2 is 2.00 bits per heavy atom. The van der Waals surface area contributed by atoms with Crippen molar-refractivity contribution in [2.45, 2.75) is 4.90 Å². The number of carbonyl (C=O) groups is 1. The normalized spacial score (nSPS) is 11.1. The third kappa shape index (κ3) is 3.47. The monoisotopic (exact) mass is 330 g/mol. The molecule has 1 aromatic carbocycles. The number of aromatic nitrogens is 1. The number of benzene rings is 1. The fourth-order valence-electron chi connectivity index (χ4n) is 1.47. The second-order valence-corrected chi connectivity index (χ2v) is 6.00. The number of pyridine rings is 1. The molecule has 0 unspecified atom stereocenters. The van der Waals surface area contributed by atoms with Gasteiger partial charge in [0.15, 0.2) is 0 Å². The molecular formula is C12H8ClFN2O4S. The number of nitrogens with one attached hydrogen (secondary N) is 1. The van der Waals surface area contributed by atoms with Crippen molar-refractivity contribution < 1.29 is 22.7 Å². The number of halogens is 2. The number of sulfonamides is 1. The lowest BCUT2D eigenvalue weighted by Crippen LogP contribution is -2.16. The number of nitrogens with zero attached hydrogens (tertiary/aromatic N) is 1. The van der Waals surface area contributed by atoms with Crippen molar-refractivity contribution in [3.8, 4) is 0 Å². The molecule has 0 aliphatic rings. The number of hydrogen-bond donors (Lipinski definition) is 2. The van der Waals surface area contributed by atoms with Crippen LogP contribution in [0.3, 0.4) is 0 Å². The first-order valence-electron chi connectivity index (χ1n) is 5.47. The molecule has 0 fully saturated rings. The van der Waals surface area contributed by atoms with Crippen molar-refractivity contribution in [3.05, 3.63) is 52.9 Å². The topological polar surface area (TPSA) is 96.4 Å². The molecule has 0 atom stereocenters. The molecule has 0 saturated carbocycles. The molecule has 0 aliphatic heterocycles. The molecule has 0 bridgehead atoms. The van der Waals surface area contributed by atoms with E-state index in [9.17, 15) is 17.6 Å². The Labute approximate surface area is 124 Å². The van der Waals surface area contributed by atoms with Crippen LogP contribution in [0.25, 0.3) is 0 Å². The standard InChI is InChI=1S/C12H8ClFN2O4S/c13-8-2-4-11(15-6-8)16-21(19,20)10-5-7(12(17)18)1-3-9(10)14/h1-6H,(H,15,16)(H,17,18). The van der Waals surface area contributed by atoms with Crippen molar-refractivity contribution in [1.82, 2.24) is 4.98 Å². The third-order valence-corrected chi connectivity index (χ3v) is 4.03. The van der Waals surface area contributed by atoms with Crippen LogP contribution in [0.1, 0.15) is 10.4 Å². The van der Waals surface area contributed by atoms with Crippen LogP contribution in [0.4, 0.5) is 10.2 Å². The zero-order chi connectivity index (χ0) is 15.6. The van der Waals surface area contributed by atoms with Gasteiger partial charge in [-0.1, -0.05) is 11.6 Å². The lowest BCUT2D eigenvalue weighted by atomic mass is 10.2. The van der Waals surface area contributed by atoms with Crippen LogP contribution in [0.2, 0.25) is 5.02 Å². The molecule has 1 aromatic heterocycles. The van der Waals surface area contributed by atoms with Gasteiger partial charge in [0.05, 0.1) is 10.6 Å². The van der Waals surface area contributed by atoms with Gasteiger partial charge in [-0.3, -0.25) is 4.72 Å². The summed E-state index contributed by atoms with van der Waals surface area (Å²) in [4.78, 5) is 13.8. The molecule has 0 spiro atoms. The molecule has 21 heavy (non-hydrogen) atoms. The Kier molecular flexibility index (Phi) is 4.10. The summed E-state index contributed by atoms with van der Waals surface area (Å²) in [6.07, 6.45) is 1.21. The van der Waals surface area contributed by atoms with E-state index in [4.69, 9.17) is 16.7 Å². The number of hydrogen-bond acceptors (Lipinski definition) is 4. The van der Waals surface area contributed by atoms with Crippen molar-refractivity contribution in [2.75, 3.05) is 4.72 Å². The lowest BCUT2D eigenvalue weighted by molar-refractivity contribution is 0.0696. The number of rotatable bonds is 4. The summed E-state index contributed by atoms with van der Waals surface area (Å²) in [5.41, 5.74) is -0.346. The molecule has 2 aromatic rings. The van der Waals surface area contributed by atoms with Gasteiger partial charge in [-0.15, -0.1) is 0 Å². The summed E-state index contributed by atoms with van der Waals surface area (Å²) in [5, 5.41) is 9.12. The molecular weight excluding hydrogens is 323 g/mol. The summed E-state index contributed by atoms with van der Waals surface area (Å²) in [6.45, 7) is 0. The van der Waals surface area contributed by atoms with Crippen LogP contribution >= 0.6 is 11.6 Å². The Bertz CT molecular complexity index is 793. The second-order valence-electron chi connectivity index (χ2n) is 3.92. The fourth-order valence-corrected chi connectivity index (χ4v) is 2.70. The van der Waals surface area contributed by atoms with E-state index in [-0.39, 0.29) is 11.4 Å². The highest BCUT2D eigenvalue weighted by molar-refractivity contribution is 7.92. The Balaban J connectivity index is 2.41. The largest absolute Gasteiger partial charge is 0.478 e. The molecule has 9 heteroatoms. The first-order valence-corrected chi connectivity index (χ1v) is 7.33. The molecule has 0 saturated heterocycles. The zero-order valence-electron chi connectivity index (χ0n) is 10.2. The Hall–Kier alpha value is -2.19. The number of carboxylic acid groups (broad SMARTS) is 1. The number of anilines is 1. The summed E-state index contributed by atoms with van der Waals surface area (Å²) in [7, 11) is -4.31. The van der Waals surface area contributed by atoms with Crippen LogP contribution in [-0.2, 0) is 10.0 Å². The highest BCUT2D eigenvalue weighted by Gasteiger charge is 2.21. The van der Waals surface area contributed by atoms with E-state index in [1.165, 1.54) is 18.3 Å². The maximum absolute atomic E-state index is 13.6. The second kappa shape index (κ2) is 5.66. The van der Waals surface area contributed by atoms with Gasteiger partial charge in [0.2, 0.25) is 0 Å². The fraction of sp³-hybridized carbons (Fsp3) is 0. The Morgan fingerprint density at radius 1 is 1.29 bits per heavy atom. The molecule has 0 radical (unpaired) electrons. The van der Waals surface area contributed by atoms with Crippen LogP contribution in [0.5, 0.6) is 0 Å². The predicted octanol–water partition coefficient (Wildman–Crippen LogP) is 2.37. The van der Waals surface area contributed by atoms with E-state index in [1.807, 2.05) is 4.72 Å². The average molecular weight is 331 g/mol. The highest BCUT2D eigenvalue weighted by atomic mass is 35.5. The maximum atomic E-state index is 13.6. The van der Waals surface area contributed by atoms with Crippen LogP contribution in [-0.4, -0.2) is 24.5 Å². The van der Waals surface area contributed by atoms with Crippen molar-refractivity contribution in [1.29, 1.82) is 0 Å². The van der Waals surface area contributed by atoms with Crippen LogP contribution in [0.15, 0.2) is 41.4 Å². The van der Waals surface area contributed by atoms with Gasteiger partial charge in [-0.25, -0.2) is 22.6 Å². The maximum Gasteiger partial charge on any atom is 0.335 e. The molecule has 0 amide bonds. The van der Waals surface area contributed by atoms with E-state index in [2.05, 4.69) is 4.98 Å². The zero-order valence-corrected chi connectivity index (χ0v) is 11.8. The minimum atomic E-state index is -4.31. The summed E-state index contributed by atoms with van der Waals surface area (Å²) in [6, 6.07) is 5.16. The predicted molar refractivity (Wildman–Crippen MR) is 73.4 cm³/mol. The summed E-state index contributed by atoms with van der Waals surface area (Å²) < 4.78 is 39.8. The molecule has 2 rings (SSSR count). The van der Waals surface area contributed by atoms with E-state index >= 15 is 0 Å². The average Bonchev–Trinajstić information content (AvgIpc) is 2.41. The van der Waals surface area contributed by atoms with Crippen molar-refractivity contribution >= 4 is 33.4 Å². The van der Waals surface area contributed by atoms with E-state index in [1.54, 1.807) is 0 Å². The van der Waals surface area contributed by atoms with Gasteiger partial charge >= 0.3 is 5.97 Å². The van der Waals surface area contributed by atoms with Crippen molar-refractivity contribution in [3.63, 3.8) is 0 Å². The van der Waals surface area contributed by atoms with Gasteiger partial charge < -0.3 is 5.11 Å². The molecule has 6 nitrogen and oxygen atoms in total. The Morgan fingerprint density at radius 3 is 2.57 bits per heavy atom. The summed E-state index contributed by atoms with van der Waals surface area (Å²) in [5.74, 6) is -2.50. The van der Waals surface area contributed by atoms with Crippen LogP contribution in [0, 0.1) is 5.82 Å². The van der Waals surface area contributed by atoms with Gasteiger partial charge in [-0.05, 0) is 30.3 Å². The van der Waals surface area contributed by atoms with E-state index < -0.39 is 26.7 Å². The van der Waals surface area contributed by atoms with Crippen LogP contribution < -0.4 is 4.72 Å². The molecule has 2 N–H and O–H groups in total. The minimum Gasteiger partial charge on any atom is -0.478 e. The molecule has 0 aliphatic carbocycles. The summed E-state index contributed by atoms with van der Waals surface area (Å²) >= 11 is 5.62. The lowest BCUT2D eigenvalue weighted by Gasteiger charge is -2.08. The van der Waals surface area contributed by atoms with Gasteiger partial charge in [-0.2, -0.15) is 0 Å². The highest BCUT2D eigenvalue weighted by Crippen LogP contribution is 2.20. The van der Waals surface area contributed by atoms with Gasteiger partial charge in [0.1, 0.15) is 16.5 Å². The quantitative estimate of drug-likeness (QED) is 0.897. The van der Waals surface area contributed by atoms with E-state index in [0.717, 1.165) is 18.2 Å². The van der Waals surface area contributed by atoms with E-state index in [0.29, 0.717) is 5.02 Å². The molecule has 1 heterocycles. The van der Waals surface area contributed by atoms with Gasteiger partial charge in [0.25, 0.3) is 10.0 Å². The first kappa shape index (κ1) is 15.2. The van der Waals surface area contributed by atoms with Crippen molar-refractivity contribution in [2.24, 2.45) is 0 Å². The number of carboxylic acids is 1. The smallest absolute Gasteiger partial charge is 0.335 e. The molecule has 110 valence electrons.